The fourth-order valence-electron chi connectivity index (χ4n) is 4.60. The Labute approximate surface area is 240 Å². The molecule has 1 N–H and O–H groups in total. The first-order valence-corrected chi connectivity index (χ1v) is 13.6. The highest BCUT2D eigenvalue weighted by Gasteiger charge is 2.59. The van der Waals surface area contributed by atoms with Crippen molar-refractivity contribution >= 4 is 29.8 Å². The largest absolute Gasteiger partial charge is 0.462 e. The van der Waals surface area contributed by atoms with E-state index in [1.54, 1.807) is 0 Å². The summed E-state index contributed by atoms with van der Waals surface area (Å²) in [5, 5.41) is 12.1. The summed E-state index contributed by atoms with van der Waals surface area (Å²) >= 11 is 0. The van der Waals surface area contributed by atoms with Gasteiger partial charge in [0.05, 0.1) is 18.6 Å². The fourth-order valence-corrected chi connectivity index (χ4v) is 4.60. The van der Waals surface area contributed by atoms with E-state index >= 15 is 0 Å². The van der Waals surface area contributed by atoms with Crippen molar-refractivity contribution in [3.63, 3.8) is 0 Å². The number of esters is 5. The summed E-state index contributed by atoms with van der Waals surface area (Å²) in [5.74, 6) is -4.40. The maximum atomic E-state index is 12.9. The lowest BCUT2D eigenvalue weighted by atomic mass is 9.82. The molecular weight excluding hydrogens is 540 g/mol. The average molecular weight is 583 g/mol. The third-order valence-electron chi connectivity index (χ3n) is 6.23. The highest BCUT2D eigenvalue weighted by Crippen LogP contribution is 2.47. The molecule has 0 saturated carbocycles. The van der Waals surface area contributed by atoms with Crippen LogP contribution >= 0.6 is 0 Å². The van der Waals surface area contributed by atoms with Gasteiger partial charge in [0.15, 0.2) is 11.7 Å². The zero-order valence-electron chi connectivity index (χ0n) is 25.0. The molecule has 1 aliphatic carbocycles. The van der Waals surface area contributed by atoms with Crippen LogP contribution in [0.1, 0.15) is 74.7 Å². The van der Waals surface area contributed by atoms with Gasteiger partial charge in [-0.3, -0.25) is 24.0 Å². The van der Waals surface area contributed by atoms with Crippen LogP contribution in [0.2, 0.25) is 0 Å². The summed E-state index contributed by atoms with van der Waals surface area (Å²) in [6.45, 7) is 12.0. The molecule has 2 rings (SSSR count). The van der Waals surface area contributed by atoms with Crippen molar-refractivity contribution in [2.24, 2.45) is 17.8 Å². The number of ether oxygens (including phenoxy) is 6. The van der Waals surface area contributed by atoms with E-state index in [1.807, 2.05) is 27.7 Å². The second-order valence-electron chi connectivity index (χ2n) is 11.8. The molecule has 0 fully saturated rings. The zero-order valence-corrected chi connectivity index (χ0v) is 25.0. The molecule has 0 spiro atoms. The summed E-state index contributed by atoms with van der Waals surface area (Å²) in [6, 6.07) is 0. The minimum Gasteiger partial charge on any atom is -0.462 e. The van der Waals surface area contributed by atoms with Gasteiger partial charge in [0.2, 0.25) is 0 Å². The van der Waals surface area contributed by atoms with E-state index in [1.165, 1.54) is 40.0 Å². The minimum atomic E-state index is -2.11. The van der Waals surface area contributed by atoms with Crippen LogP contribution in [0.4, 0.5) is 0 Å². The van der Waals surface area contributed by atoms with Gasteiger partial charge in [-0.25, -0.2) is 0 Å². The SMILES string of the molecule is CC(=O)OCC1=CO[C@@H](OC(=O)CC(C)(C)OC(C)=O)[C@H]2C1=C[C@@H](OC(=O)CC(C)C)[C@@]2(O)COC(=O)CC(C)C. The lowest BCUT2D eigenvalue weighted by molar-refractivity contribution is -0.219. The molecule has 2 aliphatic rings. The molecule has 12 heteroatoms. The van der Waals surface area contributed by atoms with Gasteiger partial charge in [-0.1, -0.05) is 27.7 Å². The van der Waals surface area contributed by atoms with Crippen LogP contribution in [-0.2, 0) is 52.4 Å². The highest BCUT2D eigenvalue weighted by atomic mass is 16.7. The van der Waals surface area contributed by atoms with Crippen LogP contribution in [0.15, 0.2) is 23.5 Å². The maximum Gasteiger partial charge on any atom is 0.312 e. The minimum absolute atomic E-state index is 0.0142. The van der Waals surface area contributed by atoms with Crippen LogP contribution in [-0.4, -0.2) is 71.8 Å². The van der Waals surface area contributed by atoms with Crippen molar-refractivity contribution in [3.05, 3.63) is 23.5 Å². The molecule has 0 aromatic rings. The molecular formula is C29H42O12. The predicted molar refractivity (Wildman–Crippen MR) is 142 cm³/mol. The molecule has 0 aromatic heterocycles. The number of rotatable bonds is 13. The number of carbonyl (C=O) groups excluding carboxylic acids is 5. The Morgan fingerprint density at radius 3 is 2.10 bits per heavy atom. The number of aliphatic hydroxyl groups is 1. The van der Waals surface area contributed by atoms with Gasteiger partial charge < -0.3 is 33.5 Å². The first-order valence-electron chi connectivity index (χ1n) is 13.6. The normalized spacial score (nSPS) is 23.5. The smallest absolute Gasteiger partial charge is 0.312 e. The van der Waals surface area contributed by atoms with Crippen LogP contribution in [0.5, 0.6) is 0 Å². The molecule has 4 atom stereocenters. The standard InChI is InChI=1S/C29H42O12/c1-16(2)9-23(32)38-15-29(35)22(39-24(33)10-17(3)4)11-21-20(13-36-18(5)30)14-37-27(26(21)29)40-25(34)12-28(7,8)41-19(6)31/h11,14,16-17,22,26-27,35H,9-10,12-13,15H2,1-8H3/t22-,26-,27+,29+/m1/s1. The third-order valence-corrected chi connectivity index (χ3v) is 6.23. The van der Waals surface area contributed by atoms with Crippen molar-refractivity contribution in [1.29, 1.82) is 0 Å². The maximum absolute atomic E-state index is 12.9. The lowest BCUT2D eigenvalue weighted by Crippen LogP contribution is -2.56. The van der Waals surface area contributed by atoms with Crippen molar-refractivity contribution in [2.45, 2.75) is 98.2 Å². The second kappa shape index (κ2) is 14.0. The summed E-state index contributed by atoms with van der Waals surface area (Å²) in [6.07, 6.45) is -0.283. The summed E-state index contributed by atoms with van der Waals surface area (Å²) in [5.41, 5.74) is -2.65. The van der Waals surface area contributed by atoms with Gasteiger partial charge in [-0.2, -0.15) is 0 Å². The van der Waals surface area contributed by atoms with E-state index in [2.05, 4.69) is 0 Å². The van der Waals surface area contributed by atoms with Gasteiger partial charge >= 0.3 is 29.8 Å². The van der Waals surface area contributed by atoms with Crippen LogP contribution in [0.25, 0.3) is 0 Å². The second-order valence-corrected chi connectivity index (χ2v) is 11.8. The molecule has 0 amide bonds. The van der Waals surface area contributed by atoms with Gasteiger partial charge in [-0.05, 0) is 37.3 Å². The Balaban J connectivity index is 2.46. The molecule has 0 aromatic carbocycles. The van der Waals surface area contributed by atoms with E-state index in [4.69, 9.17) is 28.4 Å². The first kappa shape index (κ1) is 33.8. The van der Waals surface area contributed by atoms with Crippen molar-refractivity contribution in [2.75, 3.05) is 13.2 Å². The molecule has 230 valence electrons. The average Bonchev–Trinajstić information content (AvgIpc) is 3.07. The molecule has 12 nitrogen and oxygen atoms in total. The predicted octanol–water partition coefficient (Wildman–Crippen LogP) is 2.90. The summed E-state index contributed by atoms with van der Waals surface area (Å²) < 4.78 is 32.7. The van der Waals surface area contributed by atoms with E-state index in [0.29, 0.717) is 11.1 Å². The zero-order chi connectivity index (χ0) is 31.1. The first-order chi connectivity index (χ1) is 18.9. The number of hydrogen-bond donors (Lipinski definition) is 1. The van der Waals surface area contributed by atoms with E-state index in [9.17, 15) is 29.1 Å². The van der Waals surface area contributed by atoms with Crippen molar-refractivity contribution in [1.82, 2.24) is 0 Å². The quantitative estimate of drug-likeness (QED) is 0.250. The molecule has 41 heavy (non-hydrogen) atoms. The molecule has 1 aliphatic heterocycles. The highest BCUT2D eigenvalue weighted by molar-refractivity contribution is 5.73. The number of carbonyl (C=O) groups is 5. The van der Waals surface area contributed by atoms with Gasteiger partial charge in [0, 0.05) is 32.3 Å². The Morgan fingerprint density at radius 1 is 0.927 bits per heavy atom. The Morgan fingerprint density at radius 2 is 1.54 bits per heavy atom. The van der Waals surface area contributed by atoms with Gasteiger partial charge in [0.25, 0.3) is 6.29 Å². The Kier molecular flexibility index (Phi) is 11.5. The number of fused-ring (bicyclic) bond motifs is 1. The van der Waals surface area contributed by atoms with Crippen LogP contribution in [0.3, 0.4) is 0 Å². The molecule has 0 saturated heterocycles. The molecule has 0 unspecified atom stereocenters. The Hall–Kier alpha value is -3.41. The summed E-state index contributed by atoms with van der Waals surface area (Å²) in [4.78, 5) is 61.0. The molecule has 0 radical (unpaired) electrons. The molecule has 0 bridgehead atoms. The lowest BCUT2D eigenvalue weighted by Gasteiger charge is -2.40. The van der Waals surface area contributed by atoms with Crippen molar-refractivity contribution < 1.29 is 57.5 Å². The fraction of sp³-hybridized carbons (Fsp3) is 0.690. The van der Waals surface area contributed by atoms with E-state index < -0.39 is 66.0 Å². The van der Waals surface area contributed by atoms with E-state index in [0.717, 1.165) is 0 Å². The van der Waals surface area contributed by atoms with Crippen molar-refractivity contribution in [3.8, 4) is 0 Å². The van der Waals surface area contributed by atoms with Crippen LogP contribution in [0, 0.1) is 17.8 Å². The van der Waals surface area contributed by atoms with Crippen LogP contribution < -0.4 is 0 Å². The topological polar surface area (TPSA) is 161 Å². The van der Waals surface area contributed by atoms with Gasteiger partial charge in [0.1, 0.15) is 18.8 Å². The summed E-state index contributed by atoms with van der Waals surface area (Å²) in [7, 11) is 0. The monoisotopic (exact) mass is 582 g/mol. The van der Waals surface area contributed by atoms with E-state index in [-0.39, 0.29) is 37.7 Å². The Bertz CT molecular complexity index is 1070. The molecule has 1 heterocycles. The van der Waals surface area contributed by atoms with Gasteiger partial charge in [-0.15, -0.1) is 0 Å². The third kappa shape index (κ3) is 9.87. The number of hydrogen-bond acceptors (Lipinski definition) is 12.